The van der Waals surface area contributed by atoms with E-state index in [2.05, 4.69) is 21.5 Å². The Bertz CT molecular complexity index is 1120. The molecule has 4 heterocycles. The molecule has 0 saturated carbocycles. The second-order valence-electron chi connectivity index (χ2n) is 5.90. The maximum atomic E-state index is 12.1. The molecule has 0 atom stereocenters. The number of allylic oxidation sites excluding steroid dienone is 1. The topological polar surface area (TPSA) is 87.8 Å². The van der Waals surface area contributed by atoms with E-state index in [1.807, 2.05) is 36.1 Å². The molecule has 0 amide bonds. The van der Waals surface area contributed by atoms with E-state index in [1.165, 1.54) is 12.5 Å². The van der Waals surface area contributed by atoms with Crippen LogP contribution in [0.25, 0.3) is 28.1 Å². The largest absolute Gasteiger partial charge is 0.596 e. The number of nitrogens with one attached hydrogen (secondary N) is 1. The van der Waals surface area contributed by atoms with Gasteiger partial charge in [-0.3, -0.25) is 4.68 Å². The molecule has 4 aromatic rings. The number of aromatic nitrogens is 5. The zero-order valence-corrected chi connectivity index (χ0v) is 13.4. The Labute approximate surface area is 142 Å². The molecular weight excluding hydrogens is 320 g/mol. The van der Waals surface area contributed by atoms with E-state index in [0.717, 1.165) is 27.0 Å². The van der Waals surface area contributed by atoms with Crippen LogP contribution < -0.4 is 10.2 Å². The lowest BCUT2D eigenvalue weighted by atomic mass is 10.1. The zero-order chi connectivity index (χ0) is 17.0. The molecule has 0 fully saturated rings. The van der Waals surface area contributed by atoms with Crippen molar-refractivity contribution in [1.29, 1.82) is 0 Å². The summed E-state index contributed by atoms with van der Waals surface area (Å²) in [6.07, 6.45) is 8.34. The second-order valence-corrected chi connectivity index (χ2v) is 5.90. The molecule has 0 aliphatic carbocycles. The van der Waals surface area contributed by atoms with E-state index < -0.39 is 0 Å². The van der Waals surface area contributed by atoms with Crippen LogP contribution in [0.15, 0.2) is 53.5 Å². The first-order valence-corrected chi connectivity index (χ1v) is 7.83. The van der Waals surface area contributed by atoms with Crippen molar-refractivity contribution in [2.75, 3.05) is 5.32 Å². The van der Waals surface area contributed by atoms with Crippen LogP contribution in [0.1, 0.15) is 5.56 Å². The molecule has 8 nitrogen and oxygen atoms in total. The highest BCUT2D eigenvalue weighted by Gasteiger charge is 2.26. The van der Waals surface area contributed by atoms with Gasteiger partial charge in [0.05, 0.1) is 17.9 Å². The third-order valence-electron chi connectivity index (χ3n) is 4.43. The number of nitrogens with zero attached hydrogens (tertiary/aromatic N) is 5. The third-order valence-corrected chi connectivity index (χ3v) is 4.43. The predicted molar refractivity (Wildman–Crippen MR) is 91.2 cm³/mol. The summed E-state index contributed by atoms with van der Waals surface area (Å²) >= 11 is 0. The minimum absolute atomic E-state index is 0.412. The molecule has 124 valence electrons. The molecule has 0 unspecified atom stereocenters. The van der Waals surface area contributed by atoms with Gasteiger partial charge in [0.25, 0.3) is 0 Å². The van der Waals surface area contributed by atoms with Crippen molar-refractivity contribution < 1.29 is 9.26 Å². The van der Waals surface area contributed by atoms with Gasteiger partial charge in [0, 0.05) is 18.1 Å². The zero-order valence-electron chi connectivity index (χ0n) is 13.4. The summed E-state index contributed by atoms with van der Waals surface area (Å²) in [7, 11) is 1.92. The van der Waals surface area contributed by atoms with Gasteiger partial charge in [-0.25, -0.2) is 4.98 Å². The third kappa shape index (κ3) is 2.04. The number of anilines is 1. The van der Waals surface area contributed by atoms with Gasteiger partial charge in [-0.1, -0.05) is 10.9 Å². The first-order valence-electron chi connectivity index (χ1n) is 7.83. The Morgan fingerprint density at radius 1 is 1.36 bits per heavy atom. The minimum Gasteiger partial charge on any atom is -0.596 e. The summed E-state index contributed by atoms with van der Waals surface area (Å²) in [4.78, 5) is 4.94. The number of benzene rings is 1. The molecule has 0 spiro atoms. The molecule has 1 aliphatic heterocycles. The number of hydrogen-bond acceptors (Lipinski definition) is 5. The number of hydrogen-bond donors (Lipinski definition) is 1. The molecule has 0 radical (unpaired) electrons. The minimum atomic E-state index is 0.412. The average molecular weight is 334 g/mol. The smallest absolute Gasteiger partial charge is 0.236 e. The van der Waals surface area contributed by atoms with Crippen molar-refractivity contribution in [3.8, 4) is 11.5 Å². The second kappa shape index (κ2) is 4.97. The summed E-state index contributed by atoms with van der Waals surface area (Å²) < 4.78 is 8.78. The van der Waals surface area contributed by atoms with Crippen LogP contribution >= 0.6 is 0 Å². The fourth-order valence-electron chi connectivity index (χ4n) is 3.17. The normalized spacial score (nSPS) is 13.6. The summed E-state index contributed by atoms with van der Waals surface area (Å²) in [6, 6.07) is 6.16. The van der Waals surface area contributed by atoms with Crippen LogP contribution in [0.4, 0.5) is 5.82 Å². The maximum Gasteiger partial charge on any atom is 0.236 e. The Morgan fingerprint density at radius 2 is 2.28 bits per heavy atom. The molecule has 1 aromatic carbocycles. The average Bonchev–Trinajstić information content (AvgIpc) is 3.35. The first kappa shape index (κ1) is 13.8. The summed E-state index contributed by atoms with van der Waals surface area (Å²) in [5.41, 5.74) is 3.67. The van der Waals surface area contributed by atoms with Crippen molar-refractivity contribution in [1.82, 2.24) is 19.4 Å². The highest BCUT2D eigenvalue weighted by Crippen LogP contribution is 2.32. The van der Waals surface area contributed by atoms with E-state index in [1.54, 1.807) is 10.9 Å². The molecule has 0 saturated heterocycles. The van der Waals surface area contributed by atoms with E-state index in [9.17, 15) is 5.21 Å². The van der Waals surface area contributed by atoms with Gasteiger partial charge >= 0.3 is 0 Å². The molecule has 1 N–H and O–H groups in total. The number of aryl methyl sites for hydroxylation is 1. The van der Waals surface area contributed by atoms with Crippen molar-refractivity contribution in [2.24, 2.45) is 7.05 Å². The fraction of sp³-hybridized carbons (Fsp3) is 0.118. The molecule has 5 rings (SSSR count). The molecule has 25 heavy (non-hydrogen) atoms. The van der Waals surface area contributed by atoms with Crippen molar-refractivity contribution >= 4 is 22.4 Å². The van der Waals surface area contributed by atoms with Gasteiger partial charge in [0.1, 0.15) is 12.8 Å². The highest BCUT2D eigenvalue weighted by molar-refractivity contribution is 5.88. The Morgan fingerprint density at radius 3 is 3.12 bits per heavy atom. The lowest BCUT2D eigenvalue weighted by molar-refractivity contribution is -0.691. The van der Waals surface area contributed by atoms with Gasteiger partial charge < -0.3 is 14.9 Å². The summed E-state index contributed by atoms with van der Waals surface area (Å²) in [5.74, 6) is 1.08. The van der Waals surface area contributed by atoms with Crippen LogP contribution in [-0.2, 0) is 13.6 Å². The van der Waals surface area contributed by atoms with Crippen LogP contribution in [0.2, 0.25) is 0 Å². The van der Waals surface area contributed by atoms with Crippen LogP contribution in [-0.4, -0.2) is 19.4 Å². The molecule has 0 bridgehead atoms. The Kier molecular flexibility index (Phi) is 2.75. The Hall–Kier alpha value is -3.55. The summed E-state index contributed by atoms with van der Waals surface area (Å²) in [5, 5.41) is 20.8. The Balaban J connectivity index is 1.57. The molecule has 1 aliphatic rings. The number of rotatable bonds is 2. The highest BCUT2D eigenvalue weighted by atomic mass is 16.5. The van der Waals surface area contributed by atoms with E-state index in [-0.39, 0.29) is 0 Å². The van der Waals surface area contributed by atoms with Crippen LogP contribution in [0, 0.1) is 5.21 Å². The quantitative estimate of drug-likeness (QED) is 0.448. The van der Waals surface area contributed by atoms with E-state index in [4.69, 9.17) is 4.42 Å². The number of fused-ring (bicyclic) bond motifs is 2. The number of oxazole rings is 1. The van der Waals surface area contributed by atoms with Gasteiger partial charge in [0.2, 0.25) is 12.1 Å². The first-order chi connectivity index (χ1) is 12.2. The fourth-order valence-corrected chi connectivity index (χ4v) is 3.17. The monoisotopic (exact) mass is 334 g/mol. The van der Waals surface area contributed by atoms with Crippen molar-refractivity contribution in [2.45, 2.75) is 6.54 Å². The molecule has 8 heteroatoms. The van der Waals surface area contributed by atoms with E-state index in [0.29, 0.717) is 23.8 Å². The molecule has 3 aromatic heterocycles. The van der Waals surface area contributed by atoms with Crippen molar-refractivity contribution in [3.05, 3.63) is 59.9 Å². The SMILES string of the molecule is Cn1ncc2cc(C3=CCn4c(c(-c5ncco5)c[n+]4[O-])N3)ccc21. The van der Waals surface area contributed by atoms with Crippen molar-refractivity contribution in [3.63, 3.8) is 0 Å². The maximum absolute atomic E-state index is 12.1. The van der Waals surface area contributed by atoms with Gasteiger partial charge in [-0.15, -0.1) is 4.68 Å². The van der Waals surface area contributed by atoms with E-state index >= 15 is 0 Å². The van der Waals surface area contributed by atoms with Crippen LogP contribution in [0.3, 0.4) is 0 Å². The van der Waals surface area contributed by atoms with Gasteiger partial charge in [0.15, 0.2) is 11.4 Å². The predicted octanol–water partition coefficient (Wildman–Crippen LogP) is 2.13. The lowest BCUT2D eigenvalue weighted by Crippen LogP contribution is -2.38. The molecular formula is C17H14N6O2. The van der Waals surface area contributed by atoms with Gasteiger partial charge in [-0.05, 0) is 23.8 Å². The summed E-state index contributed by atoms with van der Waals surface area (Å²) in [6.45, 7) is 0.465. The van der Waals surface area contributed by atoms with Crippen LogP contribution in [0.5, 0.6) is 0 Å². The standard InChI is InChI=1S/C17H14N6O2/c1-21-15-3-2-11(8-12(15)9-19-21)14-4-6-22-16(20-14)13(10-23(22)24)17-18-5-7-25-17/h2-5,7-10,20H,6H2,1H3. The lowest BCUT2D eigenvalue weighted by Gasteiger charge is -2.17. The van der Waals surface area contributed by atoms with Gasteiger partial charge in [-0.2, -0.15) is 5.10 Å².